The Morgan fingerprint density at radius 1 is 1.12 bits per heavy atom. The van der Waals surface area contributed by atoms with E-state index in [2.05, 4.69) is 43.1 Å². The molecule has 1 saturated heterocycles. The highest BCUT2D eigenvalue weighted by Gasteiger charge is 2.28. The number of benzene rings is 1. The number of carbonyl (C=O) groups excluding carboxylic acids is 1. The van der Waals surface area contributed by atoms with E-state index in [1.807, 2.05) is 0 Å². The van der Waals surface area contributed by atoms with E-state index in [1.54, 1.807) is 13.1 Å². The standard InChI is InChI=1S/C21H21F2N7OS/c1-10-6-29(7-11(2)24-10)16-5-14(22)17(19-18(16)27-32-28-19)21(31)26-13-4-15(23)20-25-12(3)8-30(20)9-13/h4-5,8-11,24H,6-7H2,1-3H3,(H,26,31)/t10-,11-/m0/s1. The third kappa shape index (κ3) is 3.56. The fraction of sp³-hybridized carbons (Fsp3) is 0.333. The smallest absolute Gasteiger partial charge is 0.261 e. The van der Waals surface area contributed by atoms with Crippen LogP contribution in [0.1, 0.15) is 29.9 Å². The number of aryl methyl sites for hydroxylation is 1. The minimum absolute atomic E-state index is 0.154. The first-order chi connectivity index (χ1) is 15.3. The lowest BCUT2D eigenvalue weighted by Gasteiger charge is -2.37. The summed E-state index contributed by atoms with van der Waals surface area (Å²) in [6.45, 7) is 7.24. The molecular weight excluding hydrogens is 436 g/mol. The van der Waals surface area contributed by atoms with Crippen LogP contribution in [0.4, 0.5) is 20.2 Å². The fourth-order valence-corrected chi connectivity index (χ4v) is 4.88. The Morgan fingerprint density at radius 3 is 2.59 bits per heavy atom. The molecule has 8 nitrogen and oxygen atoms in total. The number of fused-ring (bicyclic) bond motifs is 2. The number of aromatic nitrogens is 4. The lowest BCUT2D eigenvalue weighted by atomic mass is 10.1. The number of anilines is 2. The van der Waals surface area contributed by atoms with Gasteiger partial charge in [-0.25, -0.2) is 13.8 Å². The van der Waals surface area contributed by atoms with Gasteiger partial charge in [0.1, 0.15) is 22.4 Å². The van der Waals surface area contributed by atoms with Crippen LogP contribution in [0.25, 0.3) is 16.7 Å². The second-order valence-corrected chi connectivity index (χ2v) is 8.76. The first-order valence-electron chi connectivity index (χ1n) is 10.2. The number of imidazole rings is 1. The molecule has 5 rings (SSSR count). The van der Waals surface area contributed by atoms with E-state index in [0.717, 1.165) is 17.8 Å². The van der Waals surface area contributed by atoms with E-state index in [4.69, 9.17) is 0 Å². The number of piperazine rings is 1. The average molecular weight is 458 g/mol. The Morgan fingerprint density at radius 2 is 1.84 bits per heavy atom. The van der Waals surface area contributed by atoms with Gasteiger partial charge in [0.25, 0.3) is 5.91 Å². The number of amides is 1. The average Bonchev–Trinajstić information content (AvgIpc) is 3.32. The quantitative estimate of drug-likeness (QED) is 0.491. The summed E-state index contributed by atoms with van der Waals surface area (Å²) in [5, 5.41) is 6.02. The Kier molecular flexibility index (Phi) is 5.01. The highest BCUT2D eigenvalue weighted by atomic mass is 32.1. The Balaban J connectivity index is 1.51. The van der Waals surface area contributed by atoms with Crippen LogP contribution in [0.5, 0.6) is 0 Å². The number of hydrogen-bond donors (Lipinski definition) is 2. The molecule has 1 aliphatic rings. The number of halogens is 2. The molecule has 166 valence electrons. The number of rotatable bonds is 3. The fourth-order valence-electron chi connectivity index (χ4n) is 4.32. The van der Waals surface area contributed by atoms with Gasteiger partial charge >= 0.3 is 0 Å². The summed E-state index contributed by atoms with van der Waals surface area (Å²) in [6, 6.07) is 2.95. The van der Waals surface area contributed by atoms with E-state index in [0.29, 0.717) is 30.0 Å². The number of pyridine rings is 1. The molecule has 1 amide bonds. The highest BCUT2D eigenvalue weighted by molar-refractivity contribution is 7.00. The zero-order valence-corrected chi connectivity index (χ0v) is 18.5. The van der Waals surface area contributed by atoms with Crippen LogP contribution >= 0.6 is 11.7 Å². The van der Waals surface area contributed by atoms with Crippen molar-refractivity contribution in [3.63, 3.8) is 0 Å². The summed E-state index contributed by atoms with van der Waals surface area (Å²) in [5.41, 5.74) is 2.06. The Hall–Kier alpha value is -3.18. The maximum Gasteiger partial charge on any atom is 0.261 e. The number of carbonyl (C=O) groups is 1. The van der Waals surface area contributed by atoms with Crippen molar-refractivity contribution < 1.29 is 13.6 Å². The maximum atomic E-state index is 15.2. The predicted octanol–water partition coefficient (Wildman–Crippen LogP) is 3.36. The van der Waals surface area contributed by atoms with Crippen LogP contribution in [0.15, 0.2) is 24.5 Å². The molecule has 2 N–H and O–H groups in total. The molecule has 2 atom stereocenters. The normalized spacial score (nSPS) is 19.1. The van der Waals surface area contributed by atoms with Gasteiger partial charge in [-0.15, -0.1) is 0 Å². The molecule has 0 spiro atoms. The largest absolute Gasteiger partial charge is 0.367 e. The zero-order valence-electron chi connectivity index (χ0n) is 17.7. The first kappa shape index (κ1) is 20.7. The van der Waals surface area contributed by atoms with Gasteiger partial charge in [0.05, 0.1) is 28.8 Å². The van der Waals surface area contributed by atoms with Crippen molar-refractivity contribution in [1.29, 1.82) is 0 Å². The van der Waals surface area contributed by atoms with Gasteiger partial charge in [-0.3, -0.25) is 4.79 Å². The van der Waals surface area contributed by atoms with Crippen molar-refractivity contribution >= 4 is 45.7 Å². The third-order valence-electron chi connectivity index (χ3n) is 5.48. The van der Waals surface area contributed by atoms with Crippen molar-refractivity contribution in [3.8, 4) is 0 Å². The molecule has 4 heterocycles. The summed E-state index contributed by atoms with van der Waals surface area (Å²) in [4.78, 5) is 19.2. The van der Waals surface area contributed by atoms with Crippen molar-refractivity contribution in [1.82, 2.24) is 23.4 Å². The Bertz CT molecular complexity index is 1340. The van der Waals surface area contributed by atoms with Gasteiger partial charge in [0.15, 0.2) is 11.5 Å². The molecule has 0 radical (unpaired) electrons. The van der Waals surface area contributed by atoms with Gasteiger partial charge in [-0.1, -0.05) is 0 Å². The lowest BCUT2D eigenvalue weighted by Crippen LogP contribution is -2.54. The van der Waals surface area contributed by atoms with E-state index in [-0.39, 0.29) is 34.5 Å². The minimum atomic E-state index is -0.718. The molecule has 1 fully saturated rings. The number of nitrogens with one attached hydrogen (secondary N) is 2. The van der Waals surface area contributed by atoms with Crippen LogP contribution < -0.4 is 15.5 Å². The van der Waals surface area contributed by atoms with Crippen molar-refractivity contribution in [2.75, 3.05) is 23.3 Å². The summed E-state index contributed by atoms with van der Waals surface area (Å²) < 4.78 is 39.6. The molecule has 0 saturated carbocycles. The molecular formula is C21H21F2N7OS. The first-order valence-corrected chi connectivity index (χ1v) is 10.9. The third-order valence-corrected chi connectivity index (χ3v) is 6.01. The van der Waals surface area contributed by atoms with Crippen molar-refractivity contribution in [2.24, 2.45) is 0 Å². The van der Waals surface area contributed by atoms with Crippen LogP contribution in [0.3, 0.4) is 0 Å². The van der Waals surface area contributed by atoms with Gasteiger partial charge < -0.3 is 19.9 Å². The second-order valence-electron chi connectivity index (χ2n) is 8.23. The van der Waals surface area contributed by atoms with Crippen molar-refractivity contribution in [3.05, 3.63) is 47.4 Å². The van der Waals surface area contributed by atoms with Gasteiger partial charge in [0, 0.05) is 49.7 Å². The second kappa shape index (κ2) is 7.75. The van der Waals surface area contributed by atoms with Gasteiger partial charge in [-0.2, -0.15) is 8.75 Å². The van der Waals surface area contributed by atoms with Crippen molar-refractivity contribution in [2.45, 2.75) is 32.9 Å². The molecule has 0 bridgehead atoms. The molecule has 1 aromatic carbocycles. The van der Waals surface area contributed by atoms with E-state index in [1.165, 1.54) is 16.7 Å². The predicted molar refractivity (Wildman–Crippen MR) is 119 cm³/mol. The molecule has 4 aromatic rings. The van der Waals surface area contributed by atoms with Crippen LogP contribution in [0.2, 0.25) is 0 Å². The summed E-state index contributed by atoms with van der Waals surface area (Å²) >= 11 is 0.925. The molecule has 0 aliphatic carbocycles. The van der Waals surface area contributed by atoms with Crippen LogP contribution in [-0.4, -0.2) is 49.2 Å². The molecule has 32 heavy (non-hydrogen) atoms. The zero-order chi connectivity index (χ0) is 22.6. The summed E-state index contributed by atoms with van der Waals surface area (Å²) in [7, 11) is 0. The lowest BCUT2D eigenvalue weighted by molar-refractivity contribution is 0.102. The van der Waals surface area contributed by atoms with Gasteiger partial charge in [-0.05, 0) is 20.8 Å². The molecule has 11 heteroatoms. The highest BCUT2D eigenvalue weighted by Crippen LogP contribution is 2.32. The molecule has 3 aromatic heterocycles. The topological polar surface area (TPSA) is 87.5 Å². The SMILES string of the molecule is Cc1cn2cc(NC(=O)c3c(F)cc(N4C[C@H](C)N[C@@H](C)C4)c4nsnc34)cc(F)c2n1. The van der Waals surface area contributed by atoms with Crippen LogP contribution in [0, 0.1) is 18.6 Å². The molecule has 1 aliphatic heterocycles. The summed E-state index contributed by atoms with van der Waals surface area (Å²) in [5.74, 6) is -2.00. The minimum Gasteiger partial charge on any atom is -0.367 e. The van der Waals surface area contributed by atoms with E-state index < -0.39 is 17.5 Å². The molecule has 0 unspecified atom stereocenters. The summed E-state index contributed by atoms with van der Waals surface area (Å²) in [6.07, 6.45) is 3.17. The number of nitrogens with zero attached hydrogens (tertiary/aromatic N) is 5. The Labute approximate surface area is 186 Å². The van der Waals surface area contributed by atoms with Crippen LogP contribution in [-0.2, 0) is 0 Å². The maximum absolute atomic E-state index is 15.2. The van der Waals surface area contributed by atoms with Gasteiger partial charge in [0.2, 0.25) is 0 Å². The monoisotopic (exact) mass is 457 g/mol. The number of hydrogen-bond acceptors (Lipinski definition) is 7. The van der Waals surface area contributed by atoms with E-state index >= 15 is 4.39 Å². The van der Waals surface area contributed by atoms with E-state index in [9.17, 15) is 9.18 Å².